The normalized spacial score (nSPS) is 11.9. The third kappa shape index (κ3) is 4.72. The number of ether oxygens (including phenoxy) is 1. The lowest BCUT2D eigenvalue weighted by Gasteiger charge is -2.11. The molecule has 4 aromatic rings. The summed E-state index contributed by atoms with van der Waals surface area (Å²) in [5, 5.41) is 10.2. The Kier molecular flexibility index (Phi) is 6.77. The van der Waals surface area contributed by atoms with E-state index in [-0.39, 0.29) is 32.8 Å². The number of rotatable bonds is 5. The summed E-state index contributed by atoms with van der Waals surface area (Å²) in [5.74, 6) is -0.0821. The number of allylic oxidation sites excluding steroid dienone is 1. The lowest BCUT2D eigenvalue weighted by Crippen LogP contribution is -2.19. The summed E-state index contributed by atoms with van der Waals surface area (Å²) in [7, 11) is -4.24. The third-order valence-electron chi connectivity index (χ3n) is 4.63. The van der Waals surface area contributed by atoms with Crippen molar-refractivity contribution < 1.29 is 13.2 Å². The largest absolute Gasteiger partial charge is 0.437 e. The smallest absolute Gasteiger partial charge is 0.269 e. The number of nitriles is 1. The minimum atomic E-state index is -4.24. The molecule has 34 heavy (non-hydrogen) atoms. The van der Waals surface area contributed by atoms with E-state index in [1.807, 2.05) is 0 Å². The van der Waals surface area contributed by atoms with Crippen LogP contribution in [0.2, 0.25) is 10.0 Å². The minimum Gasteiger partial charge on any atom is -0.437 e. The van der Waals surface area contributed by atoms with Gasteiger partial charge in [0.2, 0.25) is 15.7 Å². The van der Waals surface area contributed by atoms with Gasteiger partial charge in [0.15, 0.2) is 0 Å². The molecule has 7 nitrogen and oxygen atoms in total. The number of fused-ring (bicyclic) bond motifs is 1. The van der Waals surface area contributed by atoms with Crippen LogP contribution in [0.1, 0.15) is 5.56 Å². The first-order valence-corrected chi connectivity index (χ1v) is 12.5. The first-order chi connectivity index (χ1) is 16.2. The molecule has 4 rings (SSSR count). The first-order valence-electron chi connectivity index (χ1n) is 9.47. The van der Waals surface area contributed by atoms with Gasteiger partial charge in [0.1, 0.15) is 27.9 Å². The van der Waals surface area contributed by atoms with Crippen LogP contribution in [0.15, 0.2) is 85.9 Å². The first kappa shape index (κ1) is 24.0. The molecule has 0 saturated heterocycles. The van der Waals surface area contributed by atoms with Gasteiger partial charge in [-0.25, -0.2) is 8.42 Å². The number of hydrogen-bond donors (Lipinski definition) is 0. The second-order valence-corrected chi connectivity index (χ2v) is 10.5. The van der Waals surface area contributed by atoms with Crippen LogP contribution in [0.25, 0.3) is 11.7 Å². The van der Waals surface area contributed by atoms with E-state index in [9.17, 15) is 18.5 Å². The molecule has 0 saturated carbocycles. The van der Waals surface area contributed by atoms with Crippen molar-refractivity contribution in [1.29, 1.82) is 5.26 Å². The van der Waals surface area contributed by atoms with Crippen molar-refractivity contribution in [3.63, 3.8) is 0 Å². The van der Waals surface area contributed by atoms with Crippen LogP contribution >= 0.6 is 39.1 Å². The fourth-order valence-corrected chi connectivity index (χ4v) is 4.84. The van der Waals surface area contributed by atoms with E-state index in [1.54, 1.807) is 24.3 Å². The zero-order chi connectivity index (χ0) is 24.5. The van der Waals surface area contributed by atoms with E-state index in [4.69, 9.17) is 27.9 Å². The van der Waals surface area contributed by atoms with Gasteiger partial charge in [0.25, 0.3) is 5.56 Å². The van der Waals surface area contributed by atoms with E-state index < -0.39 is 20.3 Å². The molecule has 0 N–H and O–H groups in total. The molecule has 2 heterocycles. The lowest BCUT2D eigenvalue weighted by atomic mass is 10.2. The van der Waals surface area contributed by atoms with Gasteiger partial charge < -0.3 is 4.74 Å². The topological polar surface area (TPSA) is 102 Å². The van der Waals surface area contributed by atoms with E-state index in [0.29, 0.717) is 9.50 Å². The maximum Gasteiger partial charge on any atom is 0.269 e. The van der Waals surface area contributed by atoms with Gasteiger partial charge in [-0.15, -0.1) is 0 Å². The highest BCUT2D eigenvalue weighted by atomic mass is 79.9. The Bertz CT molecular complexity index is 1660. The number of sulfone groups is 1. The maximum absolute atomic E-state index is 13.3. The van der Waals surface area contributed by atoms with Gasteiger partial charge in [0, 0.05) is 15.7 Å². The van der Waals surface area contributed by atoms with E-state index in [1.165, 1.54) is 53.1 Å². The summed E-state index contributed by atoms with van der Waals surface area (Å²) < 4.78 is 33.9. The molecule has 170 valence electrons. The predicted octanol–water partition coefficient (Wildman–Crippen LogP) is 5.89. The van der Waals surface area contributed by atoms with E-state index in [0.717, 1.165) is 6.08 Å². The van der Waals surface area contributed by atoms with Crippen LogP contribution in [-0.4, -0.2) is 17.8 Å². The van der Waals surface area contributed by atoms with E-state index >= 15 is 0 Å². The quantitative estimate of drug-likeness (QED) is 0.274. The molecule has 0 fully saturated rings. The molecule has 0 aliphatic carbocycles. The summed E-state index contributed by atoms with van der Waals surface area (Å²) in [6.45, 7) is 0. The molecule has 0 aliphatic heterocycles. The summed E-state index contributed by atoms with van der Waals surface area (Å²) in [4.78, 5) is 16.8. The van der Waals surface area contributed by atoms with Crippen LogP contribution in [0.3, 0.4) is 0 Å². The number of pyridine rings is 1. The third-order valence-corrected chi connectivity index (χ3v) is 7.37. The molecule has 0 atom stereocenters. The zero-order valence-corrected chi connectivity index (χ0v) is 20.9. The Morgan fingerprint density at radius 2 is 1.85 bits per heavy atom. The van der Waals surface area contributed by atoms with Gasteiger partial charge >= 0.3 is 0 Å². The van der Waals surface area contributed by atoms with Crippen molar-refractivity contribution in [2.75, 3.05) is 0 Å². The molecule has 0 unspecified atom stereocenters. The fraction of sp³-hybridized carbons (Fsp3) is 0. The Morgan fingerprint density at radius 3 is 2.53 bits per heavy atom. The number of benzene rings is 2. The van der Waals surface area contributed by atoms with Crippen molar-refractivity contribution in [2.24, 2.45) is 0 Å². The van der Waals surface area contributed by atoms with Crippen LogP contribution in [-0.2, 0) is 9.84 Å². The van der Waals surface area contributed by atoms with Crippen molar-refractivity contribution >= 4 is 60.7 Å². The highest BCUT2D eigenvalue weighted by Gasteiger charge is 2.24. The second kappa shape index (κ2) is 9.60. The average molecular weight is 577 g/mol. The molecule has 0 amide bonds. The molecule has 0 bridgehead atoms. The monoisotopic (exact) mass is 575 g/mol. The molecule has 2 aromatic heterocycles. The second-order valence-electron chi connectivity index (χ2n) is 6.82. The molecule has 2 aromatic carbocycles. The van der Waals surface area contributed by atoms with Crippen molar-refractivity contribution in [2.45, 2.75) is 4.90 Å². The highest BCUT2D eigenvalue weighted by Crippen LogP contribution is 2.33. The van der Waals surface area contributed by atoms with Crippen molar-refractivity contribution in [3.05, 3.63) is 102 Å². The molecule has 11 heteroatoms. The molecule has 0 aliphatic rings. The standard InChI is InChI=1S/C23H12BrCl2N3O4S/c24-14-4-7-16(8-5-14)34(31,32)17(13-27)12-18-22(33-20-9-6-15(25)11-19(20)26)28-21-3-1-2-10-29(21)23(18)30/h1-12H. The molecule has 0 radical (unpaired) electrons. The van der Waals surface area contributed by atoms with Crippen molar-refractivity contribution in [1.82, 2.24) is 9.38 Å². The van der Waals surface area contributed by atoms with E-state index in [2.05, 4.69) is 20.9 Å². The Hall–Kier alpha value is -3.16. The summed E-state index contributed by atoms with van der Waals surface area (Å²) in [5.41, 5.74) is -0.629. The van der Waals surface area contributed by atoms with Crippen molar-refractivity contribution in [3.8, 4) is 17.7 Å². The number of nitrogens with zero attached hydrogens (tertiary/aromatic N) is 3. The van der Waals surface area contributed by atoms with Gasteiger partial charge in [-0.1, -0.05) is 45.2 Å². The predicted molar refractivity (Wildman–Crippen MR) is 133 cm³/mol. The summed E-state index contributed by atoms with van der Waals surface area (Å²) in [6.07, 6.45) is 2.42. The van der Waals surface area contributed by atoms with Gasteiger partial charge in [-0.3, -0.25) is 9.20 Å². The van der Waals surface area contributed by atoms with Crippen LogP contribution in [0.5, 0.6) is 11.6 Å². The molecule has 0 spiro atoms. The number of hydrogen-bond acceptors (Lipinski definition) is 6. The minimum absolute atomic E-state index is 0.111. The maximum atomic E-state index is 13.3. The molecular formula is C23H12BrCl2N3O4S. The number of aromatic nitrogens is 2. The Morgan fingerprint density at radius 1 is 1.12 bits per heavy atom. The van der Waals surface area contributed by atoms with Crippen LogP contribution in [0.4, 0.5) is 0 Å². The zero-order valence-electron chi connectivity index (χ0n) is 16.9. The van der Waals surface area contributed by atoms with Gasteiger partial charge in [0.05, 0.1) is 9.92 Å². The van der Waals surface area contributed by atoms with Gasteiger partial charge in [-0.05, 0) is 60.7 Å². The fourth-order valence-electron chi connectivity index (χ4n) is 2.99. The van der Waals surface area contributed by atoms with Crippen LogP contribution < -0.4 is 10.3 Å². The number of halogens is 3. The summed E-state index contributed by atoms with van der Waals surface area (Å²) in [6, 6.07) is 16.8. The molecular weight excluding hydrogens is 565 g/mol. The van der Waals surface area contributed by atoms with Crippen LogP contribution in [0, 0.1) is 11.3 Å². The van der Waals surface area contributed by atoms with Gasteiger partial charge in [-0.2, -0.15) is 10.2 Å². The Balaban J connectivity index is 1.94. The SMILES string of the molecule is N#CC(=Cc1c(Oc2ccc(Cl)cc2Cl)nc2ccccn2c1=O)S(=O)(=O)c1ccc(Br)cc1. The average Bonchev–Trinajstić information content (AvgIpc) is 2.81. The highest BCUT2D eigenvalue weighted by molar-refractivity contribution is 9.10. The Labute approximate surface area is 212 Å². The summed E-state index contributed by atoms with van der Waals surface area (Å²) >= 11 is 15.4. The lowest BCUT2D eigenvalue weighted by molar-refractivity contribution is 0.461.